The molecule has 3 aromatic rings. The molecule has 6 nitrogen and oxygen atoms in total. The molecule has 1 aliphatic carbocycles. The van der Waals surface area contributed by atoms with Crippen LogP contribution in [0.2, 0.25) is 0 Å². The summed E-state index contributed by atoms with van der Waals surface area (Å²) in [5.41, 5.74) is 2.44. The molecule has 1 amide bonds. The molecule has 5 rings (SSSR count). The van der Waals surface area contributed by atoms with Crippen molar-refractivity contribution in [3.05, 3.63) is 71.4 Å². The van der Waals surface area contributed by atoms with Crippen molar-refractivity contribution in [2.75, 3.05) is 6.61 Å². The Bertz CT molecular complexity index is 1270. The first-order valence-electron chi connectivity index (χ1n) is 13.2. The van der Waals surface area contributed by atoms with E-state index in [0.29, 0.717) is 12.2 Å². The van der Waals surface area contributed by atoms with Crippen molar-refractivity contribution in [2.24, 2.45) is 0 Å². The lowest BCUT2D eigenvalue weighted by Crippen LogP contribution is -2.40. The maximum absolute atomic E-state index is 13.4. The number of amides is 1. The molecule has 1 atom stereocenters. The molecular weight excluding hydrogens is 452 g/mol. The van der Waals surface area contributed by atoms with E-state index in [2.05, 4.69) is 11.9 Å². The number of para-hydroxylation sites is 1. The molecule has 36 heavy (non-hydrogen) atoms. The van der Waals surface area contributed by atoms with Crippen molar-refractivity contribution in [1.29, 1.82) is 0 Å². The monoisotopic (exact) mass is 486 g/mol. The van der Waals surface area contributed by atoms with Gasteiger partial charge in [0.15, 0.2) is 0 Å². The molecule has 2 aliphatic rings. The van der Waals surface area contributed by atoms with Gasteiger partial charge in [0, 0.05) is 34.3 Å². The summed E-state index contributed by atoms with van der Waals surface area (Å²) in [5, 5.41) is 12.4. The zero-order chi connectivity index (χ0) is 25.1. The first kappa shape index (κ1) is 24.2. The Morgan fingerprint density at radius 3 is 2.53 bits per heavy atom. The van der Waals surface area contributed by atoms with Crippen LogP contribution in [0.5, 0.6) is 5.75 Å². The van der Waals surface area contributed by atoms with E-state index in [-0.39, 0.29) is 17.4 Å². The van der Waals surface area contributed by atoms with Crippen LogP contribution in [0.15, 0.2) is 60.3 Å². The fourth-order valence-electron chi connectivity index (χ4n) is 5.62. The molecule has 1 aromatic heterocycles. The number of aromatic nitrogens is 1. The normalized spacial score (nSPS) is 20.4. The summed E-state index contributed by atoms with van der Waals surface area (Å²) in [6, 6.07) is 14.3. The van der Waals surface area contributed by atoms with Gasteiger partial charge in [-0.3, -0.25) is 9.59 Å². The van der Waals surface area contributed by atoms with E-state index >= 15 is 0 Å². The predicted molar refractivity (Wildman–Crippen MR) is 141 cm³/mol. The van der Waals surface area contributed by atoms with Crippen LogP contribution in [-0.4, -0.2) is 39.3 Å². The lowest BCUT2D eigenvalue weighted by Gasteiger charge is -2.35. The topological polar surface area (TPSA) is 82.6 Å². The van der Waals surface area contributed by atoms with Gasteiger partial charge in [-0.1, -0.05) is 57.2 Å². The van der Waals surface area contributed by atoms with E-state index in [4.69, 9.17) is 4.74 Å². The van der Waals surface area contributed by atoms with Gasteiger partial charge in [-0.15, -0.1) is 0 Å². The molecule has 1 saturated heterocycles. The number of fused-ring (bicyclic) bond motifs is 1. The van der Waals surface area contributed by atoms with Gasteiger partial charge >= 0.3 is 0 Å². The molecule has 0 bridgehead atoms. The van der Waals surface area contributed by atoms with Gasteiger partial charge in [0.1, 0.15) is 11.5 Å². The van der Waals surface area contributed by atoms with E-state index in [9.17, 15) is 14.7 Å². The van der Waals surface area contributed by atoms with Gasteiger partial charge < -0.3 is 19.7 Å². The number of hydrogen-bond acceptors (Lipinski definition) is 4. The number of likely N-dealkylation sites (tertiary alicyclic amines) is 1. The van der Waals surface area contributed by atoms with E-state index < -0.39 is 17.7 Å². The third-order valence-corrected chi connectivity index (χ3v) is 7.51. The number of unbranched alkanes of at least 4 members (excludes halogenated alkanes) is 2. The highest BCUT2D eigenvalue weighted by Gasteiger charge is 2.49. The van der Waals surface area contributed by atoms with Crippen LogP contribution in [0.4, 0.5) is 0 Å². The van der Waals surface area contributed by atoms with Crippen molar-refractivity contribution in [3.8, 4) is 5.75 Å². The Kier molecular flexibility index (Phi) is 7.12. The van der Waals surface area contributed by atoms with Gasteiger partial charge in [0.25, 0.3) is 11.7 Å². The van der Waals surface area contributed by atoms with Crippen LogP contribution in [0.25, 0.3) is 16.7 Å². The molecule has 0 spiro atoms. The number of carbonyl (C=O) groups is 2. The Balaban J connectivity index is 1.55. The smallest absolute Gasteiger partial charge is 0.295 e. The highest BCUT2D eigenvalue weighted by molar-refractivity contribution is 6.46. The Morgan fingerprint density at radius 2 is 1.78 bits per heavy atom. The minimum absolute atomic E-state index is 0.0157. The Morgan fingerprint density at radius 1 is 1.03 bits per heavy atom. The fraction of sp³-hybridized carbons (Fsp3) is 0.400. The molecule has 0 radical (unpaired) electrons. The third kappa shape index (κ3) is 4.52. The van der Waals surface area contributed by atoms with Crippen LogP contribution in [0, 0.1) is 0 Å². The van der Waals surface area contributed by atoms with E-state index in [1.807, 2.05) is 30.5 Å². The maximum Gasteiger partial charge on any atom is 0.295 e. The van der Waals surface area contributed by atoms with E-state index in [1.54, 1.807) is 29.2 Å². The molecule has 2 aromatic carbocycles. The lowest BCUT2D eigenvalue weighted by atomic mass is 9.91. The molecular formula is C30H34N2O4. The second-order valence-electron chi connectivity index (χ2n) is 9.87. The highest BCUT2D eigenvalue weighted by atomic mass is 16.5. The van der Waals surface area contributed by atoms with Gasteiger partial charge in [0.05, 0.1) is 18.2 Å². The number of Topliss-reactive ketones (excluding diaryl/α,β-unsaturated/α-hetero) is 1. The van der Waals surface area contributed by atoms with E-state index in [1.165, 1.54) is 0 Å². The number of ether oxygens (including phenoxy) is 1. The second-order valence-corrected chi connectivity index (χ2v) is 9.87. The molecule has 1 aliphatic heterocycles. The van der Waals surface area contributed by atoms with Crippen molar-refractivity contribution >= 4 is 28.4 Å². The van der Waals surface area contributed by atoms with Crippen LogP contribution in [0.3, 0.4) is 0 Å². The SMILES string of the molecule is CCCCCOc1ccc(/C(O)=C2\C(=O)C(=O)N(C3CCCCC3)C2c2c[nH]c3ccccc23)cc1. The molecule has 1 unspecified atom stereocenters. The van der Waals surface area contributed by atoms with Crippen LogP contribution in [0.1, 0.15) is 75.5 Å². The number of nitrogens with one attached hydrogen (secondary N) is 1. The zero-order valence-electron chi connectivity index (χ0n) is 20.8. The molecule has 188 valence electrons. The second kappa shape index (κ2) is 10.6. The zero-order valence-corrected chi connectivity index (χ0v) is 20.8. The minimum Gasteiger partial charge on any atom is -0.507 e. The number of benzene rings is 2. The average Bonchev–Trinajstić information content (AvgIpc) is 3.45. The van der Waals surface area contributed by atoms with Crippen molar-refractivity contribution in [1.82, 2.24) is 9.88 Å². The van der Waals surface area contributed by atoms with Gasteiger partial charge in [-0.2, -0.15) is 0 Å². The highest BCUT2D eigenvalue weighted by Crippen LogP contribution is 2.45. The predicted octanol–water partition coefficient (Wildman–Crippen LogP) is 6.49. The maximum atomic E-state index is 13.4. The third-order valence-electron chi connectivity index (χ3n) is 7.51. The lowest BCUT2D eigenvalue weighted by molar-refractivity contribution is -0.141. The van der Waals surface area contributed by atoms with Crippen LogP contribution < -0.4 is 4.74 Å². The van der Waals surface area contributed by atoms with Crippen LogP contribution in [-0.2, 0) is 9.59 Å². The average molecular weight is 487 g/mol. The van der Waals surface area contributed by atoms with E-state index in [0.717, 1.165) is 73.6 Å². The summed E-state index contributed by atoms with van der Waals surface area (Å²) in [6.45, 7) is 2.80. The number of ketones is 1. The number of hydrogen-bond donors (Lipinski definition) is 2. The molecule has 2 heterocycles. The van der Waals surface area contributed by atoms with Crippen molar-refractivity contribution < 1.29 is 19.4 Å². The number of rotatable bonds is 8. The summed E-state index contributed by atoms with van der Waals surface area (Å²) in [4.78, 5) is 31.9. The number of aliphatic hydroxyl groups is 1. The minimum atomic E-state index is -0.630. The van der Waals surface area contributed by atoms with Gasteiger partial charge in [-0.25, -0.2) is 0 Å². The standard InChI is InChI=1S/C30H34N2O4/c1-2-3-9-18-36-22-16-14-20(15-17-22)28(33)26-27(24-19-31-25-13-8-7-12-23(24)25)32(30(35)29(26)34)21-10-5-4-6-11-21/h7-8,12-17,19,21,27,31,33H,2-6,9-11,18H2,1H3/b28-26+. The van der Waals surface area contributed by atoms with Gasteiger partial charge in [0.2, 0.25) is 0 Å². The number of aromatic amines is 1. The first-order valence-corrected chi connectivity index (χ1v) is 13.2. The quantitative estimate of drug-likeness (QED) is 0.165. The van der Waals surface area contributed by atoms with Gasteiger partial charge in [-0.05, 0) is 49.6 Å². The number of nitrogens with zero attached hydrogens (tertiary/aromatic N) is 1. The van der Waals surface area contributed by atoms with Crippen LogP contribution >= 0.6 is 0 Å². The Labute approximate surface area is 212 Å². The number of H-pyrrole nitrogens is 1. The molecule has 2 N–H and O–H groups in total. The first-order chi connectivity index (χ1) is 17.6. The fourth-order valence-corrected chi connectivity index (χ4v) is 5.62. The summed E-state index contributed by atoms with van der Waals surface area (Å²) < 4.78 is 5.80. The summed E-state index contributed by atoms with van der Waals surface area (Å²) in [7, 11) is 0. The molecule has 6 heteroatoms. The summed E-state index contributed by atoms with van der Waals surface area (Å²) in [5.74, 6) is -0.555. The number of carbonyl (C=O) groups excluding carboxylic acids is 2. The largest absolute Gasteiger partial charge is 0.507 e. The molecule has 1 saturated carbocycles. The Hall–Kier alpha value is -3.54. The summed E-state index contributed by atoms with van der Waals surface area (Å²) in [6.07, 6.45) is 10.1. The van der Waals surface area contributed by atoms with Crippen molar-refractivity contribution in [2.45, 2.75) is 70.4 Å². The number of aliphatic hydroxyl groups excluding tert-OH is 1. The summed E-state index contributed by atoms with van der Waals surface area (Å²) >= 11 is 0. The van der Waals surface area contributed by atoms with Crippen molar-refractivity contribution in [3.63, 3.8) is 0 Å². The molecule has 2 fully saturated rings.